The molecule has 0 amide bonds. The van der Waals surface area contributed by atoms with E-state index < -0.39 is 6.10 Å². The number of halogens is 2. The predicted molar refractivity (Wildman–Crippen MR) is 43.1 cm³/mol. The minimum Gasteiger partial charge on any atom is -0.392 e. The lowest BCUT2D eigenvalue weighted by Crippen LogP contribution is -2.28. The summed E-state index contributed by atoms with van der Waals surface area (Å²) in [6.45, 7) is 0.329. The summed E-state index contributed by atoms with van der Waals surface area (Å²) in [4.78, 5) is 0. The third-order valence-electron chi connectivity index (χ3n) is 1.05. The second-order valence-electron chi connectivity index (χ2n) is 1.80. The van der Waals surface area contributed by atoms with Crippen molar-refractivity contribution < 1.29 is 5.11 Å². The van der Waals surface area contributed by atoms with Crippen molar-refractivity contribution in [1.29, 1.82) is 0 Å². The number of nitrogens with two attached hydrogens (primary N) is 1. The Kier molecular flexibility index (Phi) is 5.89. The van der Waals surface area contributed by atoms with Crippen LogP contribution in [0.3, 0.4) is 0 Å². The van der Waals surface area contributed by atoms with E-state index >= 15 is 0 Å². The van der Waals surface area contributed by atoms with E-state index in [-0.39, 0.29) is 5.38 Å². The molecule has 0 saturated carbocycles. The van der Waals surface area contributed by atoms with Crippen LogP contribution in [-0.4, -0.2) is 28.5 Å². The fraction of sp³-hybridized carbons (Fsp3) is 1.00. The summed E-state index contributed by atoms with van der Waals surface area (Å²) in [7, 11) is 0. The topological polar surface area (TPSA) is 46.2 Å². The second-order valence-corrected chi connectivity index (χ2v) is 3.15. The zero-order chi connectivity index (χ0) is 7.28. The number of rotatable bonds is 4. The zero-order valence-electron chi connectivity index (χ0n) is 5.06. The van der Waals surface area contributed by atoms with Gasteiger partial charge in [0, 0.05) is 11.9 Å². The van der Waals surface area contributed by atoms with Crippen molar-refractivity contribution in [2.75, 3.05) is 11.9 Å². The molecule has 0 saturated heterocycles. The van der Waals surface area contributed by atoms with E-state index in [1.807, 2.05) is 0 Å². The molecule has 0 aliphatic rings. The van der Waals surface area contributed by atoms with E-state index in [1.54, 1.807) is 0 Å². The van der Waals surface area contributed by atoms with Crippen molar-refractivity contribution in [3.05, 3.63) is 0 Å². The standard InChI is InChI=1S/C5H11BrClNO/c6-2-1-5(9)4(7)3-8/h4-5,9H,1-3,8H2. The number of aliphatic hydroxyl groups is 1. The Labute approximate surface area is 68.5 Å². The summed E-state index contributed by atoms with van der Waals surface area (Å²) in [5.41, 5.74) is 5.20. The van der Waals surface area contributed by atoms with Crippen LogP contribution in [0.4, 0.5) is 0 Å². The Balaban J connectivity index is 3.32. The molecule has 56 valence electrons. The minimum absolute atomic E-state index is 0.303. The van der Waals surface area contributed by atoms with Gasteiger partial charge in [0.2, 0.25) is 0 Å². The summed E-state index contributed by atoms with van der Waals surface area (Å²) >= 11 is 8.79. The molecule has 2 atom stereocenters. The molecule has 0 aliphatic heterocycles. The monoisotopic (exact) mass is 215 g/mol. The van der Waals surface area contributed by atoms with E-state index in [4.69, 9.17) is 22.4 Å². The molecule has 0 bridgehead atoms. The lowest BCUT2D eigenvalue weighted by atomic mass is 10.2. The second kappa shape index (κ2) is 5.47. The minimum atomic E-state index is -0.476. The average molecular weight is 217 g/mol. The first-order valence-electron chi connectivity index (χ1n) is 2.80. The third kappa shape index (κ3) is 4.14. The first kappa shape index (κ1) is 9.69. The number of hydrogen-bond acceptors (Lipinski definition) is 2. The van der Waals surface area contributed by atoms with Crippen LogP contribution < -0.4 is 5.73 Å². The summed E-state index contributed by atoms with van der Waals surface area (Å²) in [6, 6.07) is 0. The molecular formula is C5H11BrClNO. The summed E-state index contributed by atoms with van der Waals surface area (Å²) in [5, 5.41) is 9.53. The van der Waals surface area contributed by atoms with Crippen molar-refractivity contribution in [3.8, 4) is 0 Å². The van der Waals surface area contributed by atoms with Crippen molar-refractivity contribution in [1.82, 2.24) is 0 Å². The van der Waals surface area contributed by atoms with Gasteiger partial charge in [-0.1, -0.05) is 15.9 Å². The highest BCUT2D eigenvalue weighted by molar-refractivity contribution is 9.09. The molecule has 2 unspecified atom stereocenters. The van der Waals surface area contributed by atoms with Crippen LogP contribution >= 0.6 is 27.5 Å². The molecule has 0 fully saturated rings. The molecule has 0 aliphatic carbocycles. The Morgan fingerprint density at radius 2 is 2.22 bits per heavy atom. The van der Waals surface area contributed by atoms with Crippen LogP contribution in [0.5, 0.6) is 0 Å². The smallest absolute Gasteiger partial charge is 0.0724 e. The van der Waals surface area contributed by atoms with Gasteiger partial charge in [-0.2, -0.15) is 0 Å². The van der Waals surface area contributed by atoms with Gasteiger partial charge in [0.15, 0.2) is 0 Å². The summed E-state index contributed by atoms with van der Waals surface area (Å²) in [6.07, 6.45) is 0.182. The average Bonchev–Trinajstić information content (AvgIpc) is 1.87. The molecule has 4 heteroatoms. The van der Waals surface area contributed by atoms with Crippen molar-refractivity contribution in [3.63, 3.8) is 0 Å². The van der Waals surface area contributed by atoms with Gasteiger partial charge < -0.3 is 10.8 Å². The Morgan fingerprint density at radius 1 is 1.67 bits per heavy atom. The van der Waals surface area contributed by atoms with E-state index in [2.05, 4.69) is 15.9 Å². The molecular weight excluding hydrogens is 205 g/mol. The first-order chi connectivity index (χ1) is 4.22. The van der Waals surface area contributed by atoms with Gasteiger partial charge in [0.05, 0.1) is 11.5 Å². The number of aliphatic hydroxyl groups excluding tert-OH is 1. The molecule has 0 radical (unpaired) electrons. The van der Waals surface area contributed by atoms with Crippen LogP contribution in [0.25, 0.3) is 0 Å². The van der Waals surface area contributed by atoms with Crippen molar-refractivity contribution >= 4 is 27.5 Å². The molecule has 0 aromatic rings. The van der Waals surface area contributed by atoms with Crippen molar-refractivity contribution in [2.24, 2.45) is 5.73 Å². The Hall–Kier alpha value is 0.690. The van der Waals surface area contributed by atoms with Crippen LogP contribution in [-0.2, 0) is 0 Å². The van der Waals surface area contributed by atoms with Gasteiger partial charge in [-0.15, -0.1) is 11.6 Å². The largest absolute Gasteiger partial charge is 0.392 e. The van der Waals surface area contributed by atoms with E-state index in [0.29, 0.717) is 13.0 Å². The molecule has 0 aromatic heterocycles. The highest BCUT2D eigenvalue weighted by atomic mass is 79.9. The normalized spacial score (nSPS) is 17.3. The molecule has 0 heterocycles. The highest BCUT2D eigenvalue weighted by Gasteiger charge is 2.12. The van der Waals surface area contributed by atoms with Gasteiger partial charge in [-0.25, -0.2) is 0 Å². The van der Waals surface area contributed by atoms with E-state index in [9.17, 15) is 0 Å². The SMILES string of the molecule is NCC(Cl)C(O)CCBr. The van der Waals surface area contributed by atoms with Crippen LogP contribution in [0, 0.1) is 0 Å². The summed E-state index contributed by atoms with van der Waals surface area (Å²) < 4.78 is 0. The van der Waals surface area contributed by atoms with Crippen molar-refractivity contribution in [2.45, 2.75) is 17.9 Å². The van der Waals surface area contributed by atoms with E-state index in [1.165, 1.54) is 0 Å². The molecule has 2 nitrogen and oxygen atoms in total. The van der Waals surface area contributed by atoms with Crippen LogP contribution in [0.1, 0.15) is 6.42 Å². The van der Waals surface area contributed by atoms with Gasteiger partial charge in [0.25, 0.3) is 0 Å². The van der Waals surface area contributed by atoms with Gasteiger partial charge in [0.1, 0.15) is 0 Å². The fourth-order valence-corrected chi connectivity index (χ4v) is 1.04. The number of hydrogen-bond donors (Lipinski definition) is 2. The van der Waals surface area contributed by atoms with Gasteiger partial charge in [-0.3, -0.25) is 0 Å². The molecule has 9 heavy (non-hydrogen) atoms. The number of alkyl halides is 2. The Morgan fingerprint density at radius 3 is 2.56 bits per heavy atom. The quantitative estimate of drug-likeness (QED) is 0.680. The van der Waals surface area contributed by atoms with Crippen LogP contribution in [0.2, 0.25) is 0 Å². The van der Waals surface area contributed by atoms with E-state index in [0.717, 1.165) is 5.33 Å². The summed E-state index contributed by atoms with van der Waals surface area (Å²) in [5.74, 6) is 0. The zero-order valence-corrected chi connectivity index (χ0v) is 7.40. The maximum atomic E-state index is 9.08. The molecule has 0 rings (SSSR count). The predicted octanol–water partition coefficient (Wildman–Crippen LogP) is 0.698. The molecule has 3 N–H and O–H groups in total. The van der Waals surface area contributed by atoms with Gasteiger partial charge >= 0.3 is 0 Å². The maximum absolute atomic E-state index is 9.08. The molecule has 0 aromatic carbocycles. The first-order valence-corrected chi connectivity index (χ1v) is 4.36. The maximum Gasteiger partial charge on any atom is 0.0724 e. The van der Waals surface area contributed by atoms with Gasteiger partial charge in [-0.05, 0) is 6.42 Å². The highest BCUT2D eigenvalue weighted by Crippen LogP contribution is 2.06. The Bertz CT molecular complexity index is 74.0. The lowest BCUT2D eigenvalue weighted by Gasteiger charge is -2.12. The van der Waals surface area contributed by atoms with Crippen LogP contribution in [0.15, 0.2) is 0 Å². The third-order valence-corrected chi connectivity index (χ3v) is 1.97. The fourth-order valence-electron chi connectivity index (χ4n) is 0.450. The molecule has 0 spiro atoms. The lowest BCUT2D eigenvalue weighted by molar-refractivity contribution is 0.168.